The van der Waals surface area contributed by atoms with E-state index < -0.39 is 92.9 Å². The van der Waals surface area contributed by atoms with Gasteiger partial charge in [-0.25, -0.2) is 28.7 Å². The normalized spacial score (nSPS) is 20.0. The number of oxime groups is 2. The van der Waals surface area contributed by atoms with E-state index in [0.717, 1.165) is 27.6 Å². The van der Waals surface area contributed by atoms with Crippen LogP contribution in [0.4, 0.5) is 10.3 Å². The minimum absolute atomic E-state index is 0.0441. The molecule has 8 rings (SSSR count). The molecule has 0 saturated carbocycles. The zero-order valence-corrected chi connectivity index (χ0v) is 42.0. The topological polar surface area (TPSA) is 345 Å². The van der Waals surface area contributed by atoms with Crippen molar-refractivity contribution in [2.24, 2.45) is 10.3 Å². The Hall–Kier alpha value is -7.76. The number of nitrogens with zero attached hydrogens (tertiary/aromatic N) is 8. The van der Waals surface area contributed by atoms with Crippen LogP contribution < -0.4 is 35.9 Å². The Labute approximate surface area is 429 Å². The van der Waals surface area contributed by atoms with Gasteiger partial charge < -0.3 is 46.2 Å². The van der Waals surface area contributed by atoms with Gasteiger partial charge in [-0.2, -0.15) is 0 Å². The number of thioether (sulfide) groups is 2. The van der Waals surface area contributed by atoms with Gasteiger partial charge in [0.15, 0.2) is 59.6 Å². The molecule has 2 saturated heterocycles. The molecular weight excluding hydrogens is 1030 g/mol. The van der Waals surface area contributed by atoms with Gasteiger partial charge in [0.25, 0.3) is 29.5 Å². The van der Waals surface area contributed by atoms with Crippen molar-refractivity contribution in [3.8, 4) is 0 Å². The van der Waals surface area contributed by atoms with Crippen LogP contribution in [0.3, 0.4) is 0 Å². The van der Waals surface area contributed by atoms with Crippen molar-refractivity contribution in [1.29, 1.82) is 0 Å². The van der Waals surface area contributed by atoms with Crippen LogP contribution in [0.5, 0.6) is 0 Å². The molecule has 4 aliphatic heterocycles. The van der Waals surface area contributed by atoms with Gasteiger partial charge in [0.1, 0.15) is 39.9 Å². The average Bonchev–Trinajstić information content (AvgIpc) is 4.01. The summed E-state index contributed by atoms with van der Waals surface area (Å²) < 4.78 is 3.52. The number of hydrogen-bond donors (Lipinski definition) is 6. The second-order valence-electron chi connectivity index (χ2n) is 17.3. The number of hydrogen-bond acceptors (Lipinski definition) is 20. The van der Waals surface area contributed by atoms with Crippen molar-refractivity contribution in [3.05, 3.63) is 106 Å². The molecule has 8 heterocycles. The highest BCUT2D eigenvalue weighted by Crippen LogP contribution is 2.42. The van der Waals surface area contributed by atoms with Gasteiger partial charge in [-0.15, -0.1) is 46.2 Å². The van der Waals surface area contributed by atoms with Gasteiger partial charge in [0.2, 0.25) is 11.2 Å². The zero-order valence-electron chi connectivity index (χ0n) is 38.7. The summed E-state index contributed by atoms with van der Waals surface area (Å²) in [5, 5.41) is 48.2. The standard InChI is InChI=1S/C44H42N12O13S4/c1-43(2,39(64)65)68-51-25(23-19-72-41(45)46-23)31(57)48-27-34(60)55-29(21(17-70-36(27)55)15-53-11-7-5-8-12-53)33(59)50-42-47-24(20-73-42)26(52-69-44(3,4)40(66)67)32(58)49-28-35(61)56-30(38(62)63)22(18-71-37(28)56)16-54-13-9-6-10-14-54/h5-14,19-20,27-28,36-37H,15-18H2,1-4H3,(H6-2,45,46,47,48,49,50,57,58,59,62,63,64,65,66,67)/p+1/b51-25-,52-26-/t27-,28-,36-,37-/m1/s1. The number of amides is 5. The number of rotatable bonds is 19. The first kappa shape index (κ1) is 51.6. The van der Waals surface area contributed by atoms with E-state index in [4.69, 9.17) is 15.4 Å². The fraction of sp³-hybridized carbons (Fsp3) is 0.318. The summed E-state index contributed by atoms with van der Waals surface area (Å²) in [7, 11) is 0. The molecule has 0 radical (unpaired) electrons. The molecule has 4 aliphatic rings. The van der Waals surface area contributed by atoms with Gasteiger partial charge in [-0.3, -0.25) is 39.1 Å². The maximum atomic E-state index is 14.5. The third-order valence-corrected chi connectivity index (χ3v) is 15.4. The lowest BCUT2D eigenvalue weighted by Gasteiger charge is -2.50. The highest BCUT2D eigenvalue weighted by atomic mass is 32.2. The van der Waals surface area contributed by atoms with Gasteiger partial charge in [0.05, 0.1) is 11.7 Å². The fourth-order valence-electron chi connectivity index (χ4n) is 7.35. The number of carboxylic acids is 3. The van der Waals surface area contributed by atoms with E-state index in [9.17, 15) is 53.7 Å². The Morgan fingerprint density at radius 3 is 1.60 bits per heavy atom. The summed E-state index contributed by atoms with van der Waals surface area (Å²) in [4.78, 5) is 127. The fourth-order valence-corrected chi connectivity index (χ4v) is 11.3. The number of carboxylic acid groups (broad SMARTS) is 3. The van der Waals surface area contributed by atoms with Crippen LogP contribution in [-0.4, -0.2) is 134 Å². The number of aromatic nitrogens is 4. The number of nitrogens with two attached hydrogens (primary N) is 1. The summed E-state index contributed by atoms with van der Waals surface area (Å²) >= 11 is 4.28. The summed E-state index contributed by atoms with van der Waals surface area (Å²) in [6.45, 7) is 5.10. The molecule has 2 fully saturated rings. The molecule has 25 nitrogen and oxygen atoms in total. The van der Waals surface area contributed by atoms with E-state index in [2.05, 4.69) is 36.2 Å². The number of carbonyl (C=O) groups is 8. The molecule has 0 spiro atoms. The number of aliphatic carboxylic acids is 3. The molecule has 0 aromatic carbocycles. The van der Waals surface area contributed by atoms with E-state index in [-0.39, 0.29) is 57.6 Å². The van der Waals surface area contributed by atoms with Crippen molar-refractivity contribution in [3.63, 3.8) is 0 Å². The second kappa shape index (κ2) is 20.8. The van der Waals surface area contributed by atoms with E-state index in [1.54, 1.807) is 70.3 Å². The summed E-state index contributed by atoms with van der Waals surface area (Å²) in [6, 6.07) is 8.21. The lowest BCUT2D eigenvalue weighted by molar-refractivity contribution is -0.689. The number of pyridine rings is 2. The molecular formula is C44H43N12O13S4+. The van der Waals surface area contributed by atoms with Crippen LogP contribution in [0.2, 0.25) is 0 Å². The summed E-state index contributed by atoms with van der Waals surface area (Å²) in [6.07, 6.45) is 6.99. The van der Waals surface area contributed by atoms with Crippen molar-refractivity contribution < 1.29 is 72.5 Å². The van der Waals surface area contributed by atoms with Gasteiger partial charge >= 0.3 is 11.9 Å². The SMILES string of the molecule is CC(C)(O/N=C(\C(=O)N[C@@H]1C(=O)N2C(C(=O)[O-])=C(C[n+]3ccccc3)CS[C@H]12)c1csc(NC(=O)C2=C(C[n+]3ccccc3)CS[C@@H]3[C@H](NC(=O)/C(=N\OC(C)(C)C(=O)O)c4csc(N)n4)C(=O)N23)n1)C(=O)O. The Bertz CT molecular complexity index is 3070. The van der Waals surface area contributed by atoms with Crippen molar-refractivity contribution in [2.45, 2.75) is 74.8 Å². The molecule has 380 valence electrons. The maximum Gasteiger partial charge on any atom is 0.350 e. The maximum absolute atomic E-state index is 14.5. The molecule has 4 aromatic rings. The summed E-state index contributed by atoms with van der Waals surface area (Å²) in [5.74, 6) is -8.24. The minimum atomic E-state index is -1.97. The molecule has 4 aromatic heterocycles. The van der Waals surface area contributed by atoms with Crippen LogP contribution in [-0.2, 0) is 61.1 Å². The third kappa shape index (κ3) is 10.7. The van der Waals surface area contributed by atoms with Crippen molar-refractivity contribution in [2.75, 3.05) is 22.6 Å². The second-order valence-corrected chi connectivity index (χ2v) is 21.2. The van der Waals surface area contributed by atoms with Gasteiger partial charge in [-0.1, -0.05) is 22.4 Å². The predicted molar refractivity (Wildman–Crippen MR) is 258 cm³/mol. The average molecular weight is 1080 g/mol. The number of fused-ring (bicyclic) bond motifs is 2. The van der Waals surface area contributed by atoms with Crippen LogP contribution in [0.25, 0.3) is 0 Å². The number of anilines is 2. The largest absolute Gasteiger partial charge is 0.543 e. The lowest BCUT2D eigenvalue weighted by atomic mass is 10.0. The zero-order chi connectivity index (χ0) is 52.5. The molecule has 4 atom stereocenters. The highest BCUT2D eigenvalue weighted by molar-refractivity contribution is 8.00. The third-order valence-electron chi connectivity index (χ3n) is 11.3. The first-order chi connectivity index (χ1) is 34.6. The molecule has 29 heteroatoms. The number of thiazole rings is 2. The van der Waals surface area contributed by atoms with E-state index in [1.807, 2.05) is 0 Å². The summed E-state index contributed by atoms with van der Waals surface area (Å²) in [5.41, 5.74) is 1.20. The minimum Gasteiger partial charge on any atom is -0.543 e. The van der Waals surface area contributed by atoms with Crippen molar-refractivity contribution >= 4 is 115 Å². The lowest BCUT2D eigenvalue weighted by Crippen LogP contribution is -2.71. The monoisotopic (exact) mass is 1080 g/mol. The first-order valence-electron chi connectivity index (χ1n) is 21.7. The molecule has 0 aliphatic carbocycles. The first-order valence-corrected chi connectivity index (χ1v) is 25.5. The highest BCUT2D eigenvalue weighted by Gasteiger charge is 2.56. The van der Waals surface area contributed by atoms with Crippen LogP contribution in [0.1, 0.15) is 39.1 Å². The Morgan fingerprint density at radius 2 is 1.16 bits per heavy atom. The Morgan fingerprint density at radius 1 is 0.726 bits per heavy atom. The van der Waals surface area contributed by atoms with E-state index >= 15 is 0 Å². The quantitative estimate of drug-likeness (QED) is 0.0284. The van der Waals surface area contributed by atoms with Crippen molar-refractivity contribution in [1.82, 2.24) is 30.4 Å². The number of β-lactam (4-membered cyclic amide) rings is 2. The molecule has 7 N–H and O–H groups in total. The van der Waals surface area contributed by atoms with Gasteiger partial charge in [-0.05, 0) is 27.7 Å². The van der Waals surface area contributed by atoms with Crippen LogP contribution in [0.15, 0.2) is 105 Å². The number of nitrogens with one attached hydrogen (secondary N) is 3. The smallest absolute Gasteiger partial charge is 0.350 e. The Balaban J connectivity index is 1.03. The van der Waals surface area contributed by atoms with Gasteiger partial charge in [0, 0.05) is 57.7 Å². The Kier molecular flexibility index (Phi) is 14.7. The number of nitrogen functional groups attached to an aromatic ring is 1. The molecule has 0 unspecified atom stereocenters. The van der Waals surface area contributed by atoms with Crippen LogP contribution in [0, 0.1) is 0 Å². The predicted octanol–water partition coefficient (Wildman–Crippen LogP) is -0.978. The molecule has 0 bridgehead atoms. The van der Waals surface area contributed by atoms with E-state index in [1.165, 1.54) is 66.9 Å². The van der Waals surface area contributed by atoms with Crippen LogP contribution >= 0.6 is 46.2 Å². The van der Waals surface area contributed by atoms with E-state index in [0.29, 0.717) is 11.1 Å². The molecule has 73 heavy (non-hydrogen) atoms. The number of carbonyl (C=O) groups excluding carboxylic acids is 6. The molecule has 5 amide bonds.